The average Bonchev–Trinajstić information content (AvgIpc) is 2.11. The molecule has 0 aromatic carbocycles. The van der Waals surface area contributed by atoms with Gasteiger partial charge in [-0.2, -0.15) is 0 Å². The fourth-order valence-corrected chi connectivity index (χ4v) is 0.466. The van der Waals surface area contributed by atoms with Crippen LogP contribution in [0.25, 0.3) is 0 Å². The molecule has 44 valence electrons. The van der Waals surface area contributed by atoms with Crippen molar-refractivity contribution in [1.29, 1.82) is 0 Å². The Hall–Kier alpha value is -0.660. The van der Waals surface area contributed by atoms with Crippen LogP contribution in [0.2, 0.25) is 0 Å². The summed E-state index contributed by atoms with van der Waals surface area (Å²) in [4.78, 5) is 22.1. The molecule has 2 heteroatoms. The predicted molar refractivity (Wildman–Crippen MR) is 28.4 cm³/mol. The van der Waals surface area contributed by atoms with Crippen molar-refractivity contribution < 1.29 is 17.8 Å². The second-order valence-corrected chi connectivity index (χ2v) is 1.49. The summed E-state index contributed by atoms with van der Waals surface area (Å²) in [6.07, 6.45) is -3.42. The first kappa shape index (κ1) is 1.66. The third kappa shape index (κ3) is 0.661. The van der Waals surface area contributed by atoms with E-state index in [1.807, 2.05) is 0 Å². The molecule has 1 aliphatic carbocycles. The molecule has 0 aliphatic heterocycles. The van der Waals surface area contributed by atoms with Crippen molar-refractivity contribution in [1.82, 2.24) is 0 Å². The van der Waals surface area contributed by atoms with Crippen LogP contribution in [-0.2, 0) is 9.59 Å². The molecule has 1 aliphatic rings. The second-order valence-electron chi connectivity index (χ2n) is 1.49. The van der Waals surface area contributed by atoms with Gasteiger partial charge in [0.2, 0.25) is 5.78 Å². The minimum atomic E-state index is -2.97. The molecule has 0 amide bonds. The normalized spacial score (nSPS) is 57.5. The van der Waals surface area contributed by atoms with Gasteiger partial charge in [0.1, 0.15) is 0 Å². The van der Waals surface area contributed by atoms with Crippen molar-refractivity contribution in [2.24, 2.45) is 5.89 Å². The predicted octanol–water partition coefficient (Wildman–Crippen LogP) is 0.554. The van der Waals surface area contributed by atoms with E-state index in [9.17, 15) is 9.59 Å². The van der Waals surface area contributed by atoms with E-state index in [0.717, 1.165) is 0 Å². The third-order valence-corrected chi connectivity index (χ3v) is 0.906. The van der Waals surface area contributed by atoms with Crippen LogP contribution in [0.3, 0.4) is 0 Å². The number of carbonyl (C=O) groups is 2. The maximum atomic E-state index is 11.2. The van der Waals surface area contributed by atoms with Crippen LogP contribution in [0.5, 0.6) is 0 Å². The van der Waals surface area contributed by atoms with Gasteiger partial charge in [0.15, 0.2) is 5.78 Å². The average molecular weight is 118 g/mol. The highest BCUT2D eigenvalue weighted by atomic mass is 16.2. The lowest BCUT2D eigenvalue weighted by Gasteiger charge is -1.89. The number of Topliss-reactive ketones (excluding diaryl/α,β-unsaturated/α-hetero) is 2. The number of ketones is 2. The summed E-state index contributed by atoms with van der Waals surface area (Å²) < 4.78 is 42.3. The molecule has 2 nitrogen and oxygen atoms in total. The summed E-state index contributed by atoms with van der Waals surface area (Å²) >= 11 is 0. The van der Waals surface area contributed by atoms with Crippen molar-refractivity contribution in [2.45, 2.75) is 19.6 Å². The Kier molecular flexibility index (Phi) is 0.350. The van der Waals surface area contributed by atoms with Gasteiger partial charge >= 0.3 is 0 Å². The number of rotatable bonds is 0. The Morgan fingerprint density at radius 1 is 2.00 bits per heavy atom. The summed E-state index contributed by atoms with van der Waals surface area (Å²) in [5.74, 6) is -5.49. The summed E-state index contributed by atoms with van der Waals surface area (Å²) in [5.41, 5.74) is 0. The minimum absolute atomic E-state index is 0.895. The first-order chi connectivity index (χ1) is 6.02. The molecular formula is C6H8O2. The lowest BCUT2D eigenvalue weighted by molar-refractivity contribution is -0.135. The van der Waals surface area contributed by atoms with Gasteiger partial charge in [-0.25, -0.2) is 0 Å². The zero-order valence-corrected chi connectivity index (χ0v) is 4.02. The van der Waals surface area contributed by atoms with Crippen LogP contribution in [0.15, 0.2) is 0 Å². The van der Waals surface area contributed by atoms with Gasteiger partial charge in [-0.3, -0.25) is 9.59 Å². The van der Waals surface area contributed by atoms with Gasteiger partial charge in [0, 0.05) is 20.5 Å². The van der Waals surface area contributed by atoms with Crippen LogP contribution in [0.4, 0.5) is 0 Å². The number of hydrogen-bond acceptors (Lipinski definition) is 2. The molecule has 1 atom stereocenters. The van der Waals surface area contributed by atoms with Crippen LogP contribution in [-0.4, -0.2) is 11.6 Å². The quantitative estimate of drug-likeness (QED) is 0.435. The fraction of sp³-hybridized carbons (Fsp3) is 0.667. The minimum Gasteiger partial charge on any atom is -0.291 e. The van der Waals surface area contributed by atoms with Gasteiger partial charge in [0.05, 0.1) is 0 Å². The molecule has 0 aromatic rings. The Labute approximate surface area is 56.3 Å². The standard InChI is InChI=1S/C6H8O2/c1-4-2-3-5(7)6(4)8/h4H,2-3H2,1H3/i1D3,3D2,4D. The zero-order valence-electron chi connectivity index (χ0n) is 10.0. The summed E-state index contributed by atoms with van der Waals surface area (Å²) in [5, 5.41) is 0. The van der Waals surface area contributed by atoms with Crippen molar-refractivity contribution >= 4 is 11.6 Å². The van der Waals surface area contributed by atoms with Gasteiger partial charge < -0.3 is 0 Å². The Morgan fingerprint density at radius 2 is 2.75 bits per heavy atom. The van der Waals surface area contributed by atoms with E-state index in [1.54, 1.807) is 0 Å². The fourth-order valence-electron chi connectivity index (χ4n) is 0.466. The van der Waals surface area contributed by atoms with E-state index in [2.05, 4.69) is 0 Å². The molecule has 8 heavy (non-hydrogen) atoms. The second kappa shape index (κ2) is 1.69. The van der Waals surface area contributed by atoms with Crippen molar-refractivity contribution in [2.75, 3.05) is 0 Å². The van der Waals surface area contributed by atoms with Gasteiger partial charge in [-0.15, -0.1) is 0 Å². The van der Waals surface area contributed by atoms with Gasteiger partial charge in [-0.05, 0) is 6.42 Å². The molecule has 1 rings (SSSR count). The zero-order chi connectivity index (χ0) is 11.4. The number of carbonyl (C=O) groups excluding carboxylic acids is 2. The first-order valence-electron chi connectivity index (χ1n) is 5.12. The van der Waals surface area contributed by atoms with Crippen molar-refractivity contribution in [3.05, 3.63) is 0 Å². The molecule has 0 radical (unpaired) electrons. The molecule has 0 aromatic heterocycles. The smallest absolute Gasteiger partial charge is 0.201 e. The summed E-state index contributed by atoms with van der Waals surface area (Å²) in [7, 11) is 0. The highest BCUT2D eigenvalue weighted by molar-refractivity contribution is 6.39. The molecule has 1 saturated carbocycles. The van der Waals surface area contributed by atoms with Crippen LogP contribution < -0.4 is 0 Å². The highest BCUT2D eigenvalue weighted by Gasteiger charge is 2.27. The molecule has 0 N–H and O–H groups in total. The van der Waals surface area contributed by atoms with Crippen LogP contribution >= 0.6 is 0 Å². The molecule has 0 saturated heterocycles. The SMILES string of the molecule is [2H]C1([2H])CC([2H])(C([2H])([2H])[2H])C(=O)C1=O. The highest BCUT2D eigenvalue weighted by Crippen LogP contribution is 2.16. The van der Waals surface area contributed by atoms with E-state index < -0.39 is 37.1 Å². The molecule has 1 unspecified atom stereocenters. The van der Waals surface area contributed by atoms with Gasteiger partial charge in [-0.1, -0.05) is 6.85 Å². The third-order valence-electron chi connectivity index (χ3n) is 0.906. The number of hydrogen-bond donors (Lipinski definition) is 0. The van der Waals surface area contributed by atoms with Crippen molar-refractivity contribution in [3.8, 4) is 0 Å². The van der Waals surface area contributed by atoms with Crippen LogP contribution in [0.1, 0.15) is 27.9 Å². The maximum absolute atomic E-state index is 11.2. The molecule has 0 spiro atoms. The monoisotopic (exact) mass is 118 g/mol. The Bertz CT molecular complexity index is 306. The topological polar surface area (TPSA) is 34.1 Å². The largest absolute Gasteiger partial charge is 0.291 e. The Balaban J connectivity index is 3.20. The van der Waals surface area contributed by atoms with Gasteiger partial charge in [0.25, 0.3) is 0 Å². The van der Waals surface area contributed by atoms with Crippen LogP contribution in [0, 0.1) is 5.89 Å². The van der Waals surface area contributed by atoms with E-state index in [1.165, 1.54) is 0 Å². The summed E-state index contributed by atoms with van der Waals surface area (Å²) in [6, 6.07) is 0. The lowest BCUT2D eigenvalue weighted by Crippen LogP contribution is -2.09. The van der Waals surface area contributed by atoms with E-state index >= 15 is 0 Å². The Morgan fingerprint density at radius 3 is 3.00 bits per heavy atom. The van der Waals surface area contributed by atoms with E-state index in [4.69, 9.17) is 8.22 Å². The molecule has 0 bridgehead atoms. The summed E-state index contributed by atoms with van der Waals surface area (Å²) in [6.45, 7) is -2.97. The van der Waals surface area contributed by atoms with E-state index in [-0.39, 0.29) is 0 Å². The first-order valence-corrected chi connectivity index (χ1v) is 2.12. The van der Waals surface area contributed by atoms with E-state index in [0.29, 0.717) is 0 Å². The lowest BCUT2D eigenvalue weighted by atomic mass is 10.1. The van der Waals surface area contributed by atoms with Crippen molar-refractivity contribution in [3.63, 3.8) is 0 Å². The molecule has 1 fully saturated rings. The molecular weight excluding hydrogens is 104 g/mol. The molecule has 0 heterocycles. The maximum Gasteiger partial charge on any atom is 0.201 e.